The molecule has 0 aromatic heterocycles. The molecule has 1 unspecified atom stereocenters. The summed E-state index contributed by atoms with van der Waals surface area (Å²) in [7, 11) is 0. The first kappa shape index (κ1) is 23.0. The monoisotopic (exact) mass is 378 g/mol. The summed E-state index contributed by atoms with van der Waals surface area (Å²) in [5.41, 5.74) is 13.9. The van der Waals surface area contributed by atoms with Crippen LogP contribution in [0.25, 0.3) is 0 Å². The fourth-order valence-corrected chi connectivity index (χ4v) is 1.53. The molecule has 0 saturated carbocycles. The molecule has 0 bridgehead atoms. The summed E-state index contributed by atoms with van der Waals surface area (Å²) in [6.07, 6.45) is -2.12. The van der Waals surface area contributed by atoms with Gasteiger partial charge in [-0.15, -0.1) is 0 Å². The molecule has 0 spiro atoms. The molecule has 0 aliphatic heterocycles. The third-order valence-electron chi connectivity index (χ3n) is 2.90. The number of primary amides is 1. The summed E-state index contributed by atoms with van der Waals surface area (Å²) in [5.74, 6) is -4.52. The van der Waals surface area contributed by atoms with Gasteiger partial charge in [0.15, 0.2) is 6.04 Å². The van der Waals surface area contributed by atoms with Crippen LogP contribution < -0.4 is 33.0 Å². The maximum absolute atomic E-state index is 11.9. The zero-order valence-electron chi connectivity index (χ0n) is 13.8. The zero-order chi connectivity index (χ0) is 20.4. The van der Waals surface area contributed by atoms with Crippen LogP contribution in [0, 0.1) is 0 Å². The van der Waals surface area contributed by atoms with Gasteiger partial charge >= 0.3 is 12.0 Å². The van der Waals surface area contributed by atoms with Gasteiger partial charge in [-0.3, -0.25) is 25.2 Å². The van der Waals surface area contributed by atoms with Crippen LogP contribution in [0.4, 0.5) is 4.79 Å². The number of carboxylic acids is 1. The van der Waals surface area contributed by atoms with Crippen LogP contribution in [0.15, 0.2) is 0 Å². The quantitative estimate of drug-likeness (QED) is 0.174. The Labute approximate surface area is 147 Å². The minimum atomic E-state index is -1.67. The molecule has 11 N–H and O–H groups in total. The number of carbonyl (C=O) groups is 5. The molecule has 14 heteroatoms. The van der Waals surface area contributed by atoms with E-state index in [0.717, 1.165) is 6.92 Å². The average Bonchev–Trinajstić information content (AvgIpc) is 2.54. The van der Waals surface area contributed by atoms with Gasteiger partial charge < -0.3 is 37.4 Å². The van der Waals surface area contributed by atoms with Crippen molar-refractivity contribution in [1.82, 2.24) is 21.5 Å². The predicted molar refractivity (Wildman–Crippen MR) is 83.7 cm³/mol. The normalized spacial score (nSPS) is 14.9. The number of hydrazine groups is 1. The smallest absolute Gasteiger partial charge is 0.328 e. The van der Waals surface area contributed by atoms with E-state index < -0.39 is 67.0 Å². The number of urea groups is 1. The van der Waals surface area contributed by atoms with Crippen molar-refractivity contribution < 1.29 is 39.3 Å². The topological polar surface area (TPSA) is 246 Å². The minimum absolute atomic E-state index is 0.673. The number of carbonyl (C=O) groups excluding carboxylic acids is 4. The van der Waals surface area contributed by atoms with E-state index in [4.69, 9.17) is 21.7 Å². The summed E-state index contributed by atoms with van der Waals surface area (Å²) < 4.78 is 0. The Morgan fingerprint density at radius 3 is 2.00 bits per heavy atom. The van der Waals surface area contributed by atoms with Crippen LogP contribution in [0.3, 0.4) is 0 Å². The molecule has 0 fully saturated rings. The van der Waals surface area contributed by atoms with Gasteiger partial charge in [0.1, 0.15) is 12.1 Å². The van der Waals surface area contributed by atoms with Gasteiger partial charge in [-0.25, -0.2) is 9.59 Å². The van der Waals surface area contributed by atoms with Gasteiger partial charge in [-0.1, -0.05) is 0 Å². The Hall–Kier alpha value is -2.97. The molecular formula is C12H22N6O8. The van der Waals surface area contributed by atoms with E-state index in [1.807, 2.05) is 21.5 Å². The fraction of sp³-hybridized carbons (Fsp3) is 0.583. The third kappa shape index (κ3) is 8.22. The maximum Gasteiger partial charge on any atom is 0.328 e. The molecule has 0 aliphatic rings. The van der Waals surface area contributed by atoms with E-state index >= 15 is 0 Å². The molecule has 0 aromatic rings. The number of aliphatic hydroxyl groups is 2. The zero-order valence-corrected chi connectivity index (χ0v) is 13.8. The fourth-order valence-electron chi connectivity index (χ4n) is 1.53. The second-order valence-electron chi connectivity index (χ2n) is 5.16. The summed E-state index contributed by atoms with van der Waals surface area (Å²) in [5, 5.41) is 30.7. The summed E-state index contributed by atoms with van der Waals surface area (Å²) in [4.78, 5) is 57.0. The lowest BCUT2D eigenvalue weighted by Crippen LogP contribution is -2.59. The second-order valence-corrected chi connectivity index (χ2v) is 5.16. The van der Waals surface area contributed by atoms with E-state index in [1.165, 1.54) is 0 Å². The highest BCUT2D eigenvalue weighted by Crippen LogP contribution is 1.96. The molecule has 0 rings (SSSR count). The number of aliphatic carboxylic acids is 1. The van der Waals surface area contributed by atoms with Crippen molar-refractivity contribution in [2.75, 3.05) is 6.61 Å². The van der Waals surface area contributed by atoms with E-state index in [9.17, 15) is 29.1 Å². The molecule has 5 amide bonds. The predicted octanol–water partition coefficient (Wildman–Crippen LogP) is -5.17. The van der Waals surface area contributed by atoms with Gasteiger partial charge in [0, 0.05) is 0 Å². The average molecular weight is 378 g/mol. The SMILES string of the molecule is CC(O)[C@H](NC(=O)N[C@H](CC(N)=O)C(=O)NNC(=O)[C@@H](N)CO)C(=O)O. The summed E-state index contributed by atoms with van der Waals surface area (Å²) in [6.45, 7) is 0.426. The molecule has 0 radical (unpaired) electrons. The Morgan fingerprint density at radius 1 is 1.04 bits per heavy atom. The maximum atomic E-state index is 11.9. The number of carboxylic acid groups (broad SMARTS) is 1. The molecule has 148 valence electrons. The van der Waals surface area contributed by atoms with Crippen molar-refractivity contribution in [2.24, 2.45) is 11.5 Å². The first-order valence-electron chi connectivity index (χ1n) is 7.21. The molecule has 0 heterocycles. The highest BCUT2D eigenvalue weighted by Gasteiger charge is 2.28. The van der Waals surface area contributed by atoms with Crippen LogP contribution in [0.1, 0.15) is 13.3 Å². The van der Waals surface area contributed by atoms with Gasteiger partial charge in [0.25, 0.3) is 11.8 Å². The van der Waals surface area contributed by atoms with Crippen molar-refractivity contribution in [3.05, 3.63) is 0 Å². The van der Waals surface area contributed by atoms with Crippen LogP contribution in [-0.2, 0) is 19.2 Å². The van der Waals surface area contributed by atoms with E-state index in [2.05, 4.69) is 0 Å². The Morgan fingerprint density at radius 2 is 1.58 bits per heavy atom. The highest BCUT2D eigenvalue weighted by molar-refractivity contribution is 5.93. The first-order valence-corrected chi connectivity index (χ1v) is 7.21. The molecule has 4 atom stereocenters. The molecule has 0 saturated heterocycles. The molecule has 26 heavy (non-hydrogen) atoms. The number of hydrogen-bond donors (Lipinski definition) is 9. The van der Waals surface area contributed by atoms with Crippen molar-refractivity contribution in [2.45, 2.75) is 37.6 Å². The Balaban J connectivity index is 4.90. The number of amides is 5. The number of rotatable bonds is 9. The Kier molecular flexibility index (Phi) is 9.57. The Bertz CT molecular complexity index is 554. The summed E-state index contributed by atoms with van der Waals surface area (Å²) >= 11 is 0. The lowest BCUT2D eigenvalue weighted by atomic mass is 10.1. The number of hydrogen-bond acceptors (Lipinski definition) is 8. The van der Waals surface area contributed by atoms with E-state index in [-0.39, 0.29) is 0 Å². The third-order valence-corrected chi connectivity index (χ3v) is 2.90. The highest BCUT2D eigenvalue weighted by atomic mass is 16.4. The number of nitrogens with two attached hydrogens (primary N) is 2. The van der Waals surface area contributed by atoms with Crippen LogP contribution in [0.5, 0.6) is 0 Å². The van der Waals surface area contributed by atoms with Gasteiger partial charge in [0.2, 0.25) is 5.91 Å². The van der Waals surface area contributed by atoms with Gasteiger partial charge in [-0.05, 0) is 6.92 Å². The van der Waals surface area contributed by atoms with Crippen LogP contribution in [-0.4, -0.2) is 75.9 Å². The standard InChI is InChI=1S/C12H22N6O8/c1-4(20)8(11(24)25)16-12(26)15-6(2-7(14)21)10(23)18-17-9(22)5(13)3-19/h4-6,8,19-20H,2-3,13H2,1H3,(H2,14,21)(H,17,22)(H,18,23)(H,24,25)(H2,15,16,26)/t4?,5-,6+,8-/m0/s1. The molecule has 0 aromatic carbocycles. The van der Waals surface area contributed by atoms with E-state index in [1.54, 1.807) is 0 Å². The van der Waals surface area contributed by atoms with Gasteiger partial charge in [-0.2, -0.15) is 0 Å². The lowest BCUT2D eigenvalue weighted by Gasteiger charge is -2.21. The van der Waals surface area contributed by atoms with Crippen LogP contribution in [0.2, 0.25) is 0 Å². The van der Waals surface area contributed by atoms with Crippen molar-refractivity contribution in [1.29, 1.82) is 0 Å². The molecule has 0 aliphatic carbocycles. The van der Waals surface area contributed by atoms with Crippen molar-refractivity contribution >= 4 is 29.7 Å². The van der Waals surface area contributed by atoms with Crippen molar-refractivity contribution in [3.8, 4) is 0 Å². The summed E-state index contributed by atoms with van der Waals surface area (Å²) in [6, 6.07) is -5.74. The first-order chi connectivity index (χ1) is 12.0. The number of aliphatic hydroxyl groups excluding tert-OH is 2. The number of nitrogens with one attached hydrogen (secondary N) is 4. The van der Waals surface area contributed by atoms with Crippen molar-refractivity contribution in [3.63, 3.8) is 0 Å². The van der Waals surface area contributed by atoms with Crippen LogP contribution >= 0.6 is 0 Å². The van der Waals surface area contributed by atoms with Gasteiger partial charge in [0.05, 0.1) is 19.1 Å². The largest absolute Gasteiger partial charge is 0.480 e. The molecule has 14 nitrogen and oxygen atoms in total. The van der Waals surface area contributed by atoms with E-state index in [0.29, 0.717) is 0 Å². The lowest BCUT2D eigenvalue weighted by molar-refractivity contribution is -0.141. The second kappa shape index (κ2) is 10.8. The minimum Gasteiger partial charge on any atom is -0.480 e. The molecular weight excluding hydrogens is 356 g/mol.